The second-order valence-electron chi connectivity index (χ2n) is 45.0. The van der Waals surface area contributed by atoms with Crippen molar-refractivity contribution in [2.45, 2.75) is 353 Å². The van der Waals surface area contributed by atoms with Crippen LogP contribution in [-0.4, -0.2) is 232 Å². The first kappa shape index (κ1) is 153. The van der Waals surface area contributed by atoms with E-state index in [0.717, 1.165) is 169 Å². The molecule has 11 nitrogen and oxygen atoms in total. The van der Waals surface area contributed by atoms with Crippen molar-refractivity contribution in [2.75, 3.05) is 189 Å². The summed E-state index contributed by atoms with van der Waals surface area (Å²) in [5.41, 5.74) is 2.27. The van der Waals surface area contributed by atoms with Crippen LogP contribution >= 0.6 is 212 Å². The quantitative estimate of drug-likeness (QED) is 0.0247. The molecule has 1 atom stereocenters. The summed E-state index contributed by atoms with van der Waals surface area (Å²) in [4.78, 5) is 56.5. The third kappa shape index (κ3) is 113. The third-order valence-corrected chi connectivity index (χ3v) is 43.5. The lowest BCUT2D eigenvalue weighted by Crippen LogP contribution is -2.39. The summed E-state index contributed by atoms with van der Waals surface area (Å²) in [7, 11) is 0. The molecule has 0 amide bonds. The molecule has 0 radical (unpaired) electrons. The number of nitrogens with zero attached hydrogens (tertiary/aromatic N) is 3. The molecule has 3 rings (SSSR count). The molecule has 0 aliphatic heterocycles. The zero-order chi connectivity index (χ0) is 110. The highest BCUT2D eigenvalue weighted by Gasteiger charge is 2.35. The summed E-state index contributed by atoms with van der Waals surface area (Å²) in [6.45, 7) is 85.2. The molecule has 0 saturated heterocycles. The fourth-order valence-electron chi connectivity index (χ4n) is 10.7. The van der Waals surface area contributed by atoms with Gasteiger partial charge in [0.2, 0.25) is 0 Å². The molecule has 145 heavy (non-hydrogen) atoms. The maximum atomic E-state index is 12.3. The second-order valence-corrected chi connectivity index (χ2v) is 65.0. The lowest BCUT2D eigenvalue weighted by Gasteiger charge is -2.31. The van der Waals surface area contributed by atoms with E-state index in [0.29, 0.717) is 90.3 Å². The average Bonchev–Trinajstić information content (AvgIpc) is 0.868. The molecule has 0 saturated carbocycles. The largest absolute Gasteiger partial charge is 0.465 e. The van der Waals surface area contributed by atoms with Gasteiger partial charge in [0, 0.05) is 105 Å². The van der Waals surface area contributed by atoms with Crippen LogP contribution in [-0.2, 0) is 44.8 Å². The summed E-state index contributed by atoms with van der Waals surface area (Å²) in [6.07, 6.45) is 5.65. The van der Waals surface area contributed by atoms with Crippen LogP contribution in [0.25, 0.3) is 0 Å². The Morgan fingerprint density at radius 1 is 0.276 bits per heavy atom. The first-order chi connectivity index (χ1) is 68.4. The van der Waals surface area contributed by atoms with Crippen LogP contribution in [0, 0.1) is 112 Å². The number of hydrogen-bond donors (Lipinski definition) is 1. The molecule has 854 valence electrons. The smallest absolute Gasteiger partial charge is 0.306 e. The third-order valence-electron chi connectivity index (χ3n) is 18.3. The topological polar surface area (TPSA) is 147 Å². The summed E-state index contributed by atoms with van der Waals surface area (Å²) in [5, 5.41) is 12.2. The van der Waals surface area contributed by atoms with Crippen molar-refractivity contribution in [2.24, 2.45) is 112 Å². The molecule has 0 bridgehead atoms. The first-order valence-corrected chi connectivity index (χ1v) is 74.4. The molecular weight excluding hydrogens is 2140 g/mol. The van der Waals surface area contributed by atoms with Gasteiger partial charge in [-0.05, 0) is 254 Å². The number of ether oxygens (including phenoxy) is 4. The highest BCUT2D eigenvalue weighted by molar-refractivity contribution is 8.04. The predicted octanol–water partition coefficient (Wildman–Crippen LogP) is 37.5. The van der Waals surface area contributed by atoms with Gasteiger partial charge in [0.25, 0.3) is 0 Å². The molecule has 0 fully saturated rings. The molecule has 29 heteroatoms. The minimum Gasteiger partial charge on any atom is -0.465 e. The van der Waals surface area contributed by atoms with Crippen molar-refractivity contribution in [3.05, 3.63) is 47.5 Å². The molecule has 1 heterocycles. The van der Waals surface area contributed by atoms with Crippen LogP contribution in [0.2, 0.25) is 0 Å². The zero-order valence-corrected chi connectivity index (χ0v) is 114. The van der Waals surface area contributed by atoms with Crippen LogP contribution in [0.1, 0.15) is 312 Å². The maximum Gasteiger partial charge on any atom is 0.306 e. The van der Waals surface area contributed by atoms with Crippen LogP contribution in [0.4, 0.5) is 0 Å². The lowest BCUT2D eigenvalue weighted by atomic mass is 9.88. The molecule has 1 aromatic heterocycles. The highest BCUT2D eigenvalue weighted by atomic mass is 32.2. The first-order valence-electron chi connectivity index (χ1n) is 54.9. The average molecular weight is 2360 g/mol. The molecular formula is C116H219N3O8S18. The fraction of sp³-hybridized carbons (Fsp3) is 0.845. The predicted molar refractivity (Wildman–Crippen MR) is 693 cm³/mol. The van der Waals surface area contributed by atoms with Crippen molar-refractivity contribution in [1.82, 2.24) is 15.0 Å². The summed E-state index contributed by atoms with van der Waals surface area (Å²) in [6, 6.07) is 14.4. The number of thioether (sulfide) groups is 18. The number of carbonyl (C=O) groups excluding carboxylic acids is 3. The standard InChI is InChI=1S/C27H50O6S3.C21H36S3.C18H30S3.C15H27N3S3.C12H26OS2.C12H26S2.C11H24OS2/c1-8-27(18-31-24(28)9-12-34-15-21(2)3,19-32-25(29)10-13-35-16-22(4)5)20-33-26(30)11-14-36-17-23(6)7;1-16(2)7-8-24-21-10-19(14-22-12-17(3)4)9-20(11-21)15-23-13-18(5)6;1-13(2)10-19-16-7-17(20-11-14(3)4)9-18(8-16)21-12-15(5)6;1-10(2)7-19-13-16-14(20-8-11(3)4)18-15(17-13)21-9-12(5)6;1-11(2)9-14-7-5-13-6-8-15-10-12(3)4;1-11(2)9-13-7-5-6-8-14-10-12(3)4;1-9(2)6-13-8-11(5-12)14-7-10(3)4/h21-23H,8-20H2,1-7H3;9-11,16-18H,7-8,12-15H2,1-6H3;7-9,13-15H,10-12H2,1-6H3;10-12H,7-9H2,1-6H3;11-12H,5-10H2,1-4H3;11-12H,5-10H2,1-4H3;9-12H,5-8H2,1-4H3. The Morgan fingerprint density at radius 2 is 0.531 bits per heavy atom. The van der Waals surface area contributed by atoms with Gasteiger partial charge in [-0.2, -0.15) is 144 Å². The number of hydrogen-bond acceptors (Lipinski definition) is 29. The zero-order valence-electron chi connectivity index (χ0n) is 98.9. The monoisotopic (exact) mass is 2360 g/mol. The fourth-order valence-corrected chi connectivity index (χ4v) is 28.7. The molecule has 1 N–H and O–H groups in total. The Kier molecular flexibility index (Phi) is 109. The van der Waals surface area contributed by atoms with Gasteiger partial charge in [0.1, 0.15) is 19.8 Å². The molecule has 0 aliphatic carbocycles. The van der Waals surface area contributed by atoms with Gasteiger partial charge in [0.05, 0.1) is 44.5 Å². The van der Waals surface area contributed by atoms with Gasteiger partial charge in [-0.25, -0.2) is 0 Å². The van der Waals surface area contributed by atoms with Gasteiger partial charge in [-0.3, -0.25) is 14.4 Å². The van der Waals surface area contributed by atoms with Gasteiger partial charge in [-0.15, -0.1) is 47.0 Å². The van der Waals surface area contributed by atoms with Crippen molar-refractivity contribution < 1.29 is 38.4 Å². The Hall–Kier alpha value is 2.08. The van der Waals surface area contributed by atoms with Crippen molar-refractivity contribution in [3.8, 4) is 0 Å². The van der Waals surface area contributed by atoms with Crippen molar-refractivity contribution in [3.63, 3.8) is 0 Å². The van der Waals surface area contributed by atoms with E-state index >= 15 is 0 Å². The summed E-state index contributed by atoms with van der Waals surface area (Å²) >= 11 is 34.7. The molecule has 0 spiro atoms. The molecule has 1 unspecified atom stereocenters. The number of carbonyl (C=O) groups is 3. The van der Waals surface area contributed by atoms with Crippen LogP contribution in [0.3, 0.4) is 0 Å². The van der Waals surface area contributed by atoms with Crippen LogP contribution < -0.4 is 0 Å². The number of esters is 3. The van der Waals surface area contributed by atoms with E-state index in [1.807, 2.05) is 101 Å². The van der Waals surface area contributed by atoms with E-state index in [9.17, 15) is 14.4 Å². The van der Waals surface area contributed by atoms with E-state index < -0.39 is 5.41 Å². The summed E-state index contributed by atoms with van der Waals surface area (Å²) in [5.74, 6) is 43.8. The van der Waals surface area contributed by atoms with E-state index in [2.05, 4.69) is 348 Å². The van der Waals surface area contributed by atoms with Crippen molar-refractivity contribution in [1.29, 1.82) is 0 Å². The minimum atomic E-state index is -0.748. The number of aliphatic hydroxyl groups excluding tert-OH is 1. The maximum absolute atomic E-state index is 12.3. The number of benzene rings is 2. The Labute approximate surface area is 974 Å². The van der Waals surface area contributed by atoms with Gasteiger partial charge >= 0.3 is 17.9 Å². The Bertz CT molecular complexity index is 3020. The highest BCUT2D eigenvalue weighted by Crippen LogP contribution is 2.36. The van der Waals surface area contributed by atoms with E-state index in [1.54, 1.807) is 70.6 Å². The molecule has 3 aromatic rings. The van der Waals surface area contributed by atoms with Gasteiger partial charge in [-0.1, -0.05) is 298 Å². The lowest BCUT2D eigenvalue weighted by molar-refractivity contribution is -0.161. The van der Waals surface area contributed by atoms with Crippen LogP contribution in [0.15, 0.2) is 71.4 Å². The van der Waals surface area contributed by atoms with E-state index in [1.165, 1.54) is 125 Å². The van der Waals surface area contributed by atoms with Crippen molar-refractivity contribution >= 4 is 230 Å². The van der Waals surface area contributed by atoms with Crippen LogP contribution in [0.5, 0.6) is 0 Å². The van der Waals surface area contributed by atoms with Gasteiger partial charge < -0.3 is 24.1 Å². The SMILES string of the molecule is CC(C)CCSc1cc(CSCC(C)C)cc(CSCC(C)C)c1.CC(C)CSCC(CO)SCC(C)C.CC(C)CSCCCCSCC(C)C.CC(C)CSCCOCCSCC(C)C.CC(C)CSc1cc(SCC(C)C)cc(SCC(C)C)c1.CC(C)CSc1nc(SCC(C)C)nc(SCC(C)C)n1.CCC(COC(=O)CCSCC(C)C)(COC(=O)CCSCC(C)C)COC(=O)CCSCC(C)C. The Balaban J connectivity index is -0.000000821. The normalized spacial score (nSPS) is 12.0. The van der Waals surface area contributed by atoms with E-state index in [4.69, 9.17) is 24.1 Å². The minimum absolute atomic E-state index is 0.0575. The number of aromatic nitrogens is 3. The van der Waals surface area contributed by atoms with Gasteiger partial charge in [0.15, 0.2) is 15.5 Å². The number of rotatable bonds is 79. The summed E-state index contributed by atoms with van der Waals surface area (Å²) < 4.78 is 22.3. The second kappa shape index (κ2) is 103. The number of aliphatic hydroxyl groups is 1. The van der Waals surface area contributed by atoms with E-state index in [-0.39, 0.29) is 37.7 Å². The Morgan fingerprint density at radius 3 is 0.800 bits per heavy atom. The molecule has 2 aromatic carbocycles. The molecule has 0 aliphatic rings. The number of unbranched alkanes of at least 4 members (excludes halogenated alkanes) is 1.